The molecule has 0 unspecified atom stereocenters. The Morgan fingerprint density at radius 2 is 1.67 bits per heavy atom. The van der Waals surface area contributed by atoms with Gasteiger partial charge < -0.3 is 4.90 Å². The predicted octanol–water partition coefficient (Wildman–Crippen LogP) is 4.20. The zero-order valence-corrected chi connectivity index (χ0v) is 12.8. The van der Waals surface area contributed by atoms with Crippen LogP contribution in [0.15, 0.2) is 23.2 Å². The van der Waals surface area contributed by atoms with Crippen molar-refractivity contribution < 1.29 is 0 Å². The summed E-state index contributed by atoms with van der Waals surface area (Å²) in [6.07, 6.45) is 0.980. The first-order valence-corrected chi connectivity index (χ1v) is 6.52. The van der Waals surface area contributed by atoms with Crippen LogP contribution in [0.4, 0.5) is 5.69 Å². The molecule has 1 aromatic carbocycles. The summed E-state index contributed by atoms with van der Waals surface area (Å²) in [7, 11) is 3.99. The zero-order chi connectivity index (χ0) is 13.9. The molecule has 0 radical (unpaired) electrons. The third-order valence-electron chi connectivity index (χ3n) is 3.11. The van der Waals surface area contributed by atoms with E-state index in [9.17, 15) is 0 Å². The van der Waals surface area contributed by atoms with Crippen LogP contribution >= 0.6 is 0 Å². The number of anilines is 1. The molecular weight excluding hydrogens is 220 g/mol. The summed E-state index contributed by atoms with van der Waals surface area (Å²) >= 11 is 0. The molecule has 0 aliphatic heterocycles. The van der Waals surface area contributed by atoms with E-state index in [-0.39, 0.29) is 5.41 Å². The number of hydrogen-bond acceptors (Lipinski definition) is 1. The summed E-state index contributed by atoms with van der Waals surface area (Å²) in [5.41, 5.74) is 4.13. The number of amidine groups is 1. The van der Waals surface area contributed by atoms with E-state index >= 15 is 0 Å². The van der Waals surface area contributed by atoms with Crippen molar-refractivity contribution in [1.29, 1.82) is 0 Å². The number of hydrogen-bond donors (Lipinski definition) is 0. The monoisotopic (exact) mass is 246 g/mol. The van der Waals surface area contributed by atoms with Gasteiger partial charge in [-0.1, -0.05) is 39.0 Å². The molecule has 0 aliphatic carbocycles. The fourth-order valence-electron chi connectivity index (χ4n) is 2.29. The van der Waals surface area contributed by atoms with Crippen LogP contribution in [0.1, 0.15) is 38.3 Å². The third-order valence-corrected chi connectivity index (χ3v) is 3.11. The summed E-state index contributed by atoms with van der Waals surface area (Å²) in [6.45, 7) is 11.1. The lowest BCUT2D eigenvalue weighted by molar-refractivity contribution is 0.431. The van der Waals surface area contributed by atoms with E-state index in [0.29, 0.717) is 0 Å². The fraction of sp³-hybridized carbons (Fsp3) is 0.562. The molecular formula is C16H26N2. The van der Waals surface area contributed by atoms with E-state index in [2.05, 4.69) is 69.8 Å². The lowest BCUT2D eigenvalue weighted by Gasteiger charge is -2.29. The SMILES string of the molecule is CN=C(CC(C)(C)C)N(C)c1c(C)cccc1C. The number of rotatable bonds is 2. The first-order chi connectivity index (χ1) is 8.26. The maximum absolute atomic E-state index is 4.47. The van der Waals surface area contributed by atoms with E-state index in [0.717, 1.165) is 12.3 Å². The van der Waals surface area contributed by atoms with Crippen molar-refractivity contribution in [2.75, 3.05) is 19.0 Å². The molecule has 0 N–H and O–H groups in total. The Bertz CT molecular complexity index is 419. The summed E-state index contributed by atoms with van der Waals surface area (Å²) < 4.78 is 0. The van der Waals surface area contributed by atoms with E-state index in [4.69, 9.17) is 0 Å². The highest BCUT2D eigenvalue weighted by Gasteiger charge is 2.19. The van der Waals surface area contributed by atoms with Gasteiger partial charge >= 0.3 is 0 Å². The van der Waals surface area contributed by atoms with Gasteiger partial charge in [0.15, 0.2) is 0 Å². The predicted molar refractivity (Wildman–Crippen MR) is 81.8 cm³/mol. The largest absolute Gasteiger partial charge is 0.333 e. The van der Waals surface area contributed by atoms with E-state index in [1.165, 1.54) is 16.8 Å². The molecule has 1 rings (SSSR count). The molecule has 0 saturated heterocycles. The minimum atomic E-state index is 0.250. The minimum absolute atomic E-state index is 0.250. The Kier molecular flexibility index (Phi) is 4.55. The van der Waals surface area contributed by atoms with Crippen LogP contribution in [0.25, 0.3) is 0 Å². The Hall–Kier alpha value is -1.31. The van der Waals surface area contributed by atoms with Crippen molar-refractivity contribution in [2.45, 2.75) is 41.0 Å². The molecule has 0 atom stereocenters. The van der Waals surface area contributed by atoms with Crippen LogP contribution in [0.2, 0.25) is 0 Å². The van der Waals surface area contributed by atoms with Crippen molar-refractivity contribution in [2.24, 2.45) is 10.4 Å². The Balaban J connectivity index is 3.09. The summed E-state index contributed by atoms with van der Waals surface area (Å²) in [6, 6.07) is 6.42. The zero-order valence-electron chi connectivity index (χ0n) is 12.8. The number of para-hydroxylation sites is 1. The first kappa shape index (κ1) is 14.7. The van der Waals surface area contributed by atoms with Gasteiger partial charge in [0.2, 0.25) is 0 Å². The maximum Gasteiger partial charge on any atom is 0.103 e. The molecule has 0 fully saturated rings. The molecule has 2 nitrogen and oxygen atoms in total. The Morgan fingerprint density at radius 1 is 1.17 bits per heavy atom. The van der Waals surface area contributed by atoms with Gasteiger partial charge in [-0.05, 0) is 30.4 Å². The maximum atomic E-state index is 4.47. The minimum Gasteiger partial charge on any atom is -0.333 e. The fourth-order valence-corrected chi connectivity index (χ4v) is 2.29. The molecule has 0 aromatic heterocycles. The quantitative estimate of drug-likeness (QED) is 0.564. The second-order valence-corrected chi connectivity index (χ2v) is 6.18. The molecule has 2 heteroatoms. The normalized spacial score (nSPS) is 12.7. The second-order valence-electron chi connectivity index (χ2n) is 6.18. The highest BCUT2D eigenvalue weighted by atomic mass is 15.2. The lowest BCUT2D eigenvalue weighted by atomic mass is 9.91. The number of aliphatic imine (C=N–C) groups is 1. The van der Waals surface area contributed by atoms with Gasteiger partial charge in [-0.3, -0.25) is 4.99 Å². The van der Waals surface area contributed by atoms with Gasteiger partial charge in [0.1, 0.15) is 5.84 Å². The van der Waals surface area contributed by atoms with E-state index in [1.54, 1.807) is 0 Å². The van der Waals surface area contributed by atoms with Crippen LogP contribution < -0.4 is 4.90 Å². The van der Waals surface area contributed by atoms with Crippen molar-refractivity contribution >= 4 is 11.5 Å². The van der Waals surface area contributed by atoms with Crippen LogP contribution in [-0.2, 0) is 0 Å². The molecule has 100 valence electrons. The van der Waals surface area contributed by atoms with E-state index in [1.807, 2.05) is 7.05 Å². The van der Waals surface area contributed by atoms with Crippen LogP contribution in [0, 0.1) is 19.3 Å². The highest BCUT2D eigenvalue weighted by Crippen LogP contribution is 2.27. The van der Waals surface area contributed by atoms with Crippen molar-refractivity contribution in [1.82, 2.24) is 0 Å². The van der Waals surface area contributed by atoms with Gasteiger partial charge in [-0.15, -0.1) is 0 Å². The first-order valence-electron chi connectivity index (χ1n) is 6.52. The molecule has 18 heavy (non-hydrogen) atoms. The van der Waals surface area contributed by atoms with Crippen LogP contribution in [-0.4, -0.2) is 19.9 Å². The Morgan fingerprint density at radius 3 is 2.06 bits per heavy atom. The van der Waals surface area contributed by atoms with Crippen LogP contribution in [0.5, 0.6) is 0 Å². The number of aryl methyl sites for hydroxylation is 2. The molecule has 0 heterocycles. The van der Waals surface area contributed by atoms with Crippen molar-refractivity contribution in [3.63, 3.8) is 0 Å². The average molecular weight is 246 g/mol. The molecule has 1 aromatic rings. The van der Waals surface area contributed by atoms with Crippen molar-refractivity contribution in [3.05, 3.63) is 29.3 Å². The molecule has 0 saturated carbocycles. The second kappa shape index (κ2) is 5.55. The standard InChI is InChI=1S/C16H26N2/c1-12-9-8-10-13(2)15(12)18(7)14(17-6)11-16(3,4)5/h8-10H,11H2,1-7H3. The van der Waals surface area contributed by atoms with E-state index < -0.39 is 0 Å². The highest BCUT2D eigenvalue weighted by molar-refractivity contribution is 5.98. The van der Waals surface area contributed by atoms with Gasteiger partial charge in [0.25, 0.3) is 0 Å². The van der Waals surface area contributed by atoms with Crippen molar-refractivity contribution in [3.8, 4) is 0 Å². The summed E-state index contributed by atoms with van der Waals surface area (Å²) in [4.78, 5) is 6.71. The number of nitrogens with zero attached hydrogens (tertiary/aromatic N) is 2. The molecule has 0 amide bonds. The summed E-state index contributed by atoms with van der Waals surface area (Å²) in [5, 5.41) is 0. The van der Waals surface area contributed by atoms with Gasteiger partial charge in [-0.25, -0.2) is 0 Å². The smallest absolute Gasteiger partial charge is 0.103 e. The van der Waals surface area contributed by atoms with Crippen LogP contribution in [0.3, 0.4) is 0 Å². The van der Waals surface area contributed by atoms with Gasteiger partial charge in [0, 0.05) is 26.2 Å². The van der Waals surface area contributed by atoms with Gasteiger partial charge in [-0.2, -0.15) is 0 Å². The molecule has 0 spiro atoms. The Labute approximate surface area is 112 Å². The molecule has 0 bridgehead atoms. The summed E-state index contributed by atoms with van der Waals surface area (Å²) in [5.74, 6) is 1.14. The molecule has 0 aliphatic rings. The third kappa shape index (κ3) is 3.59. The average Bonchev–Trinajstić information content (AvgIpc) is 2.24. The topological polar surface area (TPSA) is 15.6 Å². The number of benzene rings is 1. The van der Waals surface area contributed by atoms with Gasteiger partial charge in [0.05, 0.1) is 0 Å². The lowest BCUT2D eigenvalue weighted by Crippen LogP contribution is -2.31.